The highest BCUT2D eigenvalue weighted by molar-refractivity contribution is 7.99. The monoisotopic (exact) mass is 504 g/mol. The Kier molecular flexibility index (Phi) is 7.58. The zero-order chi connectivity index (χ0) is 23.5. The Morgan fingerprint density at radius 1 is 1.19 bits per heavy atom. The highest BCUT2D eigenvalue weighted by atomic mass is 35.5. The first kappa shape index (κ1) is 24.2. The molecule has 170 valence electrons. The van der Waals surface area contributed by atoms with Gasteiger partial charge in [0.25, 0.3) is 0 Å². The highest BCUT2D eigenvalue weighted by Gasteiger charge is 2.31. The number of alkyl halides is 3. The summed E-state index contributed by atoms with van der Waals surface area (Å²) in [7, 11) is 1.53. The van der Waals surface area contributed by atoms with E-state index in [1.54, 1.807) is 22.8 Å². The average molecular weight is 505 g/mol. The molecule has 0 bridgehead atoms. The van der Waals surface area contributed by atoms with Gasteiger partial charge in [-0.1, -0.05) is 35.0 Å². The van der Waals surface area contributed by atoms with Crippen LogP contribution < -0.4 is 10.1 Å². The lowest BCUT2D eigenvalue weighted by Crippen LogP contribution is -2.16. The van der Waals surface area contributed by atoms with Gasteiger partial charge in [-0.15, -0.1) is 10.2 Å². The summed E-state index contributed by atoms with van der Waals surface area (Å²) < 4.78 is 45.9. The maximum Gasteiger partial charge on any atom is 0.416 e. The van der Waals surface area contributed by atoms with Crippen molar-refractivity contribution < 1.29 is 22.7 Å². The second-order valence-corrected chi connectivity index (χ2v) is 8.21. The third-order valence-corrected chi connectivity index (χ3v) is 5.87. The molecule has 1 heterocycles. The Balaban J connectivity index is 1.76. The summed E-state index contributed by atoms with van der Waals surface area (Å²) in [6.07, 6.45) is -4.55. The molecule has 0 saturated heterocycles. The number of rotatable bonds is 7. The van der Waals surface area contributed by atoms with Crippen molar-refractivity contribution in [2.75, 3.05) is 18.2 Å². The molecule has 1 aromatic heterocycles. The van der Waals surface area contributed by atoms with Gasteiger partial charge in [0.05, 0.1) is 34.7 Å². The molecule has 0 aliphatic carbocycles. The number of amides is 1. The van der Waals surface area contributed by atoms with Crippen LogP contribution in [0.1, 0.15) is 12.5 Å². The van der Waals surface area contributed by atoms with Crippen LogP contribution in [0.2, 0.25) is 10.0 Å². The van der Waals surface area contributed by atoms with Crippen LogP contribution in [0.5, 0.6) is 5.75 Å². The Morgan fingerprint density at radius 2 is 1.94 bits per heavy atom. The summed E-state index contributed by atoms with van der Waals surface area (Å²) in [6.45, 7) is 2.39. The number of benzene rings is 2. The molecule has 0 aliphatic rings. The molecule has 0 fully saturated rings. The summed E-state index contributed by atoms with van der Waals surface area (Å²) >= 11 is 13.1. The number of nitrogens with zero attached hydrogens (tertiary/aromatic N) is 3. The number of methoxy groups -OCH3 is 1. The van der Waals surface area contributed by atoms with Gasteiger partial charge < -0.3 is 14.6 Å². The maximum absolute atomic E-state index is 12.9. The number of aromatic nitrogens is 3. The van der Waals surface area contributed by atoms with Crippen LogP contribution in [0, 0.1) is 0 Å². The smallest absolute Gasteiger partial charge is 0.416 e. The summed E-state index contributed by atoms with van der Waals surface area (Å²) in [4.78, 5) is 12.4. The van der Waals surface area contributed by atoms with Crippen molar-refractivity contribution in [3.8, 4) is 17.1 Å². The predicted octanol–water partition coefficient (Wildman–Crippen LogP) is 6.03. The SMILES string of the molecule is CCn1c(SCC(=O)Nc2cc(C(F)(F)F)ccc2Cl)nnc1-c1cc(Cl)ccc1OC. The molecule has 0 spiro atoms. The van der Waals surface area contributed by atoms with E-state index < -0.39 is 17.6 Å². The summed E-state index contributed by atoms with van der Waals surface area (Å²) in [5.74, 6) is 0.418. The van der Waals surface area contributed by atoms with E-state index in [1.165, 1.54) is 7.11 Å². The molecule has 2 aromatic carbocycles. The van der Waals surface area contributed by atoms with Crippen molar-refractivity contribution in [2.24, 2.45) is 0 Å². The number of nitrogens with one attached hydrogen (secondary N) is 1. The number of ether oxygens (including phenoxy) is 1. The third-order valence-electron chi connectivity index (χ3n) is 4.34. The molecular weight excluding hydrogens is 488 g/mol. The number of hydrogen-bond donors (Lipinski definition) is 1. The van der Waals surface area contributed by atoms with E-state index in [1.807, 2.05) is 6.92 Å². The lowest BCUT2D eigenvalue weighted by molar-refractivity contribution is -0.137. The molecular formula is C20H17Cl2F3N4O2S. The molecule has 0 radical (unpaired) electrons. The van der Waals surface area contributed by atoms with Gasteiger partial charge in [0.1, 0.15) is 5.75 Å². The van der Waals surface area contributed by atoms with E-state index >= 15 is 0 Å². The minimum Gasteiger partial charge on any atom is -0.496 e. The Labute approximate surface area is 196 Å². The average Bonchev–Trinajstić information content (AvgIpc) is 3.15. The van der Waals surface area contributed by atoms with Crippen LogP contribution in [0.4, 0.5) is 18.9 Å². The number of thioether (sulfide) groups is 1. The van der Waals surface area contributed by atoms with Crippen LogP contribution in [-0.4, -0.2) is 33.5 Å². The predicted molar refractivity (Wildman–Crippen MR) is 119 cm³/mol. The van der Waals surface area contributed by atoms with Gasteiger partial charge in [-0.25, -0.2) is 0 Å². The van der Waals surface area contributed by atoms with E-state index in [4.69, 9.17) is 27.9 Å². The summed E-state index contributed by atoms with van der Waals surface area (Å²) in [5.41, 5.74) is -0.384. The van der Waals surface area contributed by atoms with Crippen molar-refractivity contribution in [2.45, 2.75) is 24.8 Å². The zero-order valence-electron chi connectivity index (χ0n) is 16.8. The molecule has 0 unspecified atom stereocenters. The number of anilines is 1. The second kappa shape index (κ2) is 10.0. The highest BCUT2D eigenvalue weighted by Crippen LogP contribution is 2.35. The quantitative estimate of drug-likeness (QED) is 0.397. The molecule has 1 amide bonds. The maximum atomic E-state index is 12.9. The van der Waals surface area contributed by atoms with Gasteiger partial charge in [-0.2, -0.15) is 13.2 Å². The fourth-order valence-electron chi connectivity index (χ4n) is 2.85. The lowest BCUT2D eigenvalue weighted by atomic mass is 10.2. The van der Waals surface area contributed by atoms with Crippen LogP contribution in [0.15, 0.2) is 41.6 Å². The Hall–Kier alpha value is -2.43. The minimum absolute atomic E-state index is 0.00316. The van der Waals surface area contributed by atoms with E-state index in [9.17, 15) is 18.0 Å². The summed E-state index contributed by atoms with van der Waals surface area (Å²) in [5, 5.41) is 11.7. The molecule has 12 heteroatoms. The molecule has 0 atom stereocenters. The van der Waals surface area contributed by atoms with Gasteiger partial charge >= 0.3 is 6.18 Å². The number of carbonyl (C=O) groups excluding carboxylic acids is 1. The van der Waals surface area contributed by atoms with Crippen LogP contribution in [-0.2, 0) is 17.5 Å². The van der Waals surface area contributed by atoms with Crippen molar-refractivity contribution in [3.63, 3.8) is 0 Å². The lowest BCUT2D eigenvalue weighted by Gasteiger charge is -2.12. The number of carbonyl (C=O) groups is 1. The van der Waals surface area contributed by atoms with Gasteiger partial charge in [0.2, 0.25) is 5.91 Å². The normalized spacial score (nSPS) is 11.5. The van der Waals surface area contributed by atoms with Crippen LogP contribution in [0.25, 0.3) is 11.4 Å². The Morgan fingerprint density at radius 3 is 2.59 bits per heavy atom. The molecule has 32 heavy (non-hydrogen) atoms. The molecule has 1 N–H and O–H groups in total. The van der Waals surface area contributed by atoms with E-state index in [0.29, 0.717) is 33.9 Å². The summed E-state index contributed by atoms with van der Waals surface area (Å²) in [6, 6.07) is 7.84. The van der Waals surface area contributed by atoms with Gasteiger partial charge in [-0.05, 0) is 43.3 Å². The van der Waals surface area contributed by atoms with Crippen molar-refractivity contribution >= 4 is 46.6 Å². The molecule has 3 rings (SSSR count). The van der Waals surface area contributed by atoms with E-state index in [0.717, 1.165) is 30.0 Å². The third kappa shape index (κ3) is 5.48. The fourth-order valence-corrected chi connectivity index (χ4v) is 3.99. The molecule has 0 saturated carbocycles. The first-order chi connectivity index (χ1) is 15.1. The van der Waals surface area contributed by atoms with Crippen molar-refractivity contribution in [1.29, 1.82) is 0 Å². The largest absolute Gasteiger partial charge is 0.496 e. The van der Waals surface area contributed by atoms with Gasteiger partial charge in [0, 0.05) is 11.6 Å². The Bertz CT molecular complexity index is 1140. The number of halogens is 5. The van der Waals surface area contributed by atoms with E-state index in [2.05, 4.69) is 15.5 Å². The van der Waals surface area contributed by atoms with E-state index in [-0.39, 0.29) is 16.5 Å². The minimum atomic E-state index is -4.55. The topological polar surface area (TPSA) is 69.0 Å². The van der Waals surface area contributed by atoms with Gasteiger partial charge in [-0.3, -0.25) is 4.79 Å². The van der Waals surface area contributed by atoms with Crippen molar-refractivity contribution in [3.05, 3.63) is 52.0 Å². The zero-order valence-corrected chi connectivity index (χ0v) is 19.2. The molecule has 0 aliphatic heterocycles. The van der Waals surface area contributed by atoms with Crippen molar-refractivity contribution in [1.82, 2.24) is 14.8 Å². The molecule has 3 aromatic rings. The first-order valence-electron chi connectivity index (χ1n) is 9.20. The first-order valence-corrected chi connectivity index (χ1v) is 10.9. The van der Waals surface area contributed by atoms with Gasteiger partial charge in [0.15, 0.2) is 11.0 Å². The second-order valence-electron chi connectivity index (χ2n) is 6.42. The van der Waals surface area contributed by atoms with Crippen LogP contribution in [0.3, 0.4) is 0 Å². The standard InChI is InChI=1S/C20H17Cl2F3N4O2S/c1-3-29-18(13-9-12(21)5-7-16(13)31-2)27-28-19(29)32-10-17(30)26-15-8-11(20(23,24)25)4-6-14(15)22/h4-9H,3,10H2,1-2H3,(H,26,30). The molecule has 6 nitrogen and oxygen atoms in total. The number of hydrogen-bond acceptors (Lipinski definition) is 5. The fraction of sp³-hybridized carbons (Fsp3) is 0.250. The van der Waals surface area contributed by atoms with Crippen LogP contribution >= 0.6 is 35.0 Å².